The van der Waals surface area contributed by atoms with Crippen LogP contribution in [0.15, 0.2) is 42.5 Å². The van der Waals surface area contributed by atoms with Crippen molar-refractivity contribution in [3.8, 4) is 0 Å². The second-order valence-corrected chi connectivity index (χ2v) is 6.61. The van der Waals surface area contributed by atoms with Crippen LogP contribution in [0.2, 0.25) is 0 Å². The molecule has 0 fully saturated rings. The Kier molecular flexibility index (Phi) is 6.10. The molecular formula is C21H21N3O6. The van der Waals surface area contributed by atoms with E-state index in [1.54, 1.807) is 0 Å². The van der Waals surface area contributed by atoms with Crippen molar-refractivity contribution >= 4 is 29.2 Å². The lowest BCUT2D eigenvalue weighted by Gasteiger charge is -2.24. The molecule has 9 nitrogen and oxygen atoms in total. The van der Waals surface area contributed by atoms with Gasteiger partial charge in [-0.25, -0.2) is 0 Å². The molecule has 0 bridgehead atoms. The summed E-state index contributed by atoms with van der Waals surface area (Å²) in [5, 5.41) is 11.2. The smallest absolute Gasteiger partial charge is 0.326 e. The Hall–Kier alpha value is -3.75. The second-order valence-electron chi connectivity index (χ2n) is 6.61. The Morgan fingerprint density at radius 1 is 1.07 bits per heavy atom. The van der Waals surface area contributed by atoms with Gasteiger partial charge < -0.3 is 9.64 Å². The summed E-state index contributed by atoms with van der Waals surface area (Å²) in [7, 11) is 0. The number of hydrogen-bond acceptors (Lipinski definition) is 7. The molecular weight excluding hydrogens is 390 g/mol. The van der Waals surface area contributed by atoms with E-state index in [0.29, 0.717) is 4.90 Å². The summed E-state index contributed by atoms with van der Waals surface area (Å²) < 4.78 is 5.30. The number of ether oxygens (including phenoxy) is 1. The Balaban J connectivity index is 1.71. The lowest BCUT2D eigenvalue weighted by molar-refractivity contribution is -0.385. The van der Waals surface area contributed by atoms with E-state index >= 15 is 0 Å². The molecule has 0 saturated carbocycles. The number of para-hydroxylation sites is 1. The SMILES string of the molecule is CCN(CC)c1ccccc1COC(=O)CN1C(=O)c2cccc([N+](=O)[O-])c2C1=O. The number of fused-ring (bicyclic) bond motifs is 1. The second kappa shape index (κ2) is 8.73. The third-order valence-electron chi connectivity index (χ3n) is 4.95. The van der Waals surface area contributed by atoms with Gasteiger partial charge in [0, 0.05) is 30.4 Å². The maximum Gasteiger partial charge on any atom is 0.326 e. The van der Waals surface area contributed by atoms with Gasteiger partial charge in [-0.15, -0.1) is 0 Å². The van der Waals surface area contributed by atoms with E-state index in [4.69, 9.17) is 4.74 Å². The van der Waals surface area contributed by atoms with E-state index in [0.717, 1.165) is 30.4 Å². The molecule has 9 heteroatoms. The molecule has 0 atom stereocenters. The van der Waals surface area contributed by atoms with Crippen LogP contribution in [0.25, 0.3) is 0 Å². The number of rotatable bonds is 8. The van der Waals surface area contributed by atoms with Gasteiger partial charge >= 0.3 is 5.97 Å². The Morgan fingerprint density at radius 2 is 1.77 bits per heavy atom. The molecule has 0 N–H and O–H groups in total. The first-order chi connectivity index (χ1) is 14.4. The predicted octanol–water partition coefficient (Wildman–Crippen LogP) is 2.78. The largest absolute Gasteiger partial charge is 0.459 e. The molecule has 30 heavy (non-hydrogen) atoms. The molecule has 0 aliphatic carbocycles. The number of nitrogens with zero attached hydrogens (tertiary/aromatic N) is 3. The number of hydrogen-bond donors (Lipinski definition) is 0. The molecule has 1 aliphatic heterocycles. The van der Waals surface area contributed by atoms with Crippen LogP contribution in [0.5, 0.6) is 0 Å². The lowest BCUT2D eigenvalue weighted by atomic mass is 10.1. The van der Waals surface area contributed by atoms with Crippen LogP contribution in [0, 0.1) is 10.1 Å². The minimum absolute atomic E-state index is 0.0190. The van der Waals surface area contributed by atoms with Crippen LogP contribution in [0.1, 0.15) is 40.1 Å². The Morgan fingerprint density at radius 3 is 2.43 bits per heavy atom. The van der Waals surface area contributed by atoms with Crippen LogP contribution in [0.4, 0.5) is 11.4 Å². The van der Waals surface area contributed by atoms with Crippen molar-refractivity contribution < 1.29 is 24.0 Å². The molecule has 0 aromatic heterocycles. The molecule has 1 aliphatic rings. The van der Waals surface area contributed by atoms with Crippen molar-refractivity contribution in [2.24, 2.45) is 0 Å². The van der Waals surface area contributed by atoms with Gasteiger partial charge in [0.25, 0.3) is 17.5 Å². The summed E-state index contributed by atoms with van der Waals surface area (Å²) in [5.41, 5.74) is 0.884. The minimum Gasteiger partial charge on any atom is -0.459 e. The normalized spacial score (nSPS) is 12.7. The summed E-state index contributed by atoms with van der Waals surface area (Å²) in [4.78, 5) is 50.6. The molecule has 0 saturated heterocycles. The third kappa shape index (κ3) is 3.86. The lowest BCUT2D eigenvalue weighted by Crippen LogP contribution is -2.35. The van der Waals surface area contributed by atoms with Crippen molar-refractivity contribution in [1.29, 1.82) is 0 Å². The van der Waals surface area contributed by atoms with Crippen molar-refractivity contribution in [2.45, 2.75) is 20.5 Å². The maximum atomic E-state index is 12.5. The van der Waals surface area contributed by atoms with E-state index < -0.39 is 34.9 Å². The average molecular weight is 411 g/mol. The summed E-state index contributed by atoms with van der Waals surface area (Å²) in [6.45, 7) is 4.98. The number of anilines is 1. The zero-order valence-corrected chi connectivity index (χ0v) is 16.7. The van der Waals surface area contributed by atoms with Crippen LogP contribution in [-0.2, 0) is 16.1 Å². The first-order valence-electron chi connectivity index (χ1n) is 9.51. The summed E-state index contributed by atoms with van der Waals surface area (Å²) in [6, 6.07) is 11.3. The topological polar surface area (TPSA) is 110 Å². The number of benzene rings is 2. The van der Waals surface area contributed by atoms with Crippen LogP contribution >= 0.6 is 0 Å². The summed E-state index contributed by atoms with van der Waals surface area (Å²) >= 11 is 0. The number of carbonyl (C=O) groups excluding carboxylic acids is 3. The van der Waals surface area contributed by atoms with Crippen molar-refractivity contribution in [1.82, 2.24) is 4.90 Å². The number of nitro benzene ring substituents is 1. The zero-order chi connectivity index (χ0) is 21.8. The molecule has 0 spiro atoms. The van der Waals surface area contributed by atoms with Crippen molar-refractivity contribution in [3.05, 3.63) is 69.3 Å². The highest BCUT2D eigenvalue weighted by molar-refractivity contribution is 6.24. The number of esters is 1. The summed E-state index contributed by atoms with van der Waals surface area (Å²) in [5.74, 6) is -2.40. The molecule has 3 rings (SSSR count). The third-order valence-corrected chi connectivity index (χ3v) is 4.95. The van der Waals surface area contributed by atoms with Gasteiger partial charge in [0.2, 0.25) is 0 Å². The molecule has 2 amide bonds. The fraction of sp³-hybridized carbons (Fsp3) is 0.286. The van der Waals surface area contributed by atoms with Gasteiger partial charge in [0.15, 0.2) is 0 Å². The van der Waals surface area contributed by atoms with E-state index in [2.05, 4.69) is 4.90 Å². The molecule has 0 radical (unpaired) electrons. The van der Waals surface area contributed by atoms with E-state index in [1.807, 2.05) is 38.1 Å². The summed E-state index contributed by atoms with van der Waals surface area (Å²) in [6.07, 6.45) is 0. The highest BCUT2D eigenvalue weighted by Crippen LogP contribution is 2.30. The van der Waals surface area contributed by atoms with Gasteiger partial charge in [0.05, 0.1) is 10.5 Å². The number of amides is 2. The predicted molar refractivity (Wildman–Crippen MR) is 108 cm³/mol. The van der Waals surface area contributed by atoms with Crippen LogP contribution in [-0.4, -0.2) is 47.2 Å². The molecule has 156 valence electrons. The maximum absolute atomic E-state index is 12.5. The van der Waals surface area contributed by atoms with Crippen molar-refractivity contribution in [3.63, 3.8) is 0 Å². The van der Waals surface area contributed by atoms with Gasteiger partial charge in [0.1, 0.15) is 18.7 Å². The van der Waals surface area contributed by atoms with Crippen LogP contribution < -0.4 is 4.90 Å². The zero-order valence-electron chi connectivity index (χ0n) is 16.7. The first-order valence-corrected chi connectivity index (χ1v) is 9.51. The molecule has 1 heterocycles. The molecule has 2 aromatic rings. The van der Waals surface area contributed by atoms with E-state index in [1.165, 1.54) is 12.1 Å². The fourth-order valence-electron chi connectivity index (χ4n) is 3.45. The minimum atomic E-state index is -0.872. The van der Waals surface area contributed by atoms with Crippen molar-refractivity contribution in [2.75, 3.05) is 24.5 Å². The quantitative estimate of drug-likeness (QED) is 0.284. The van der Waals surface area contributed by atoms with Gasteiger partial charge in [-0.05, 0) is 26.0 Å². The highest BCUT2D eigenvalue weighted by Gasteiger charge is 2.41. The number of nitro groups is 1. The standard InChI is InChI=1S/C21H21N3O6/c1-3-22(4-2)16-10-6-5-8-14(16)13-30-18(25)12-23-20(26)15-9-7-11-17(24(28)29)19(15)21(23)27/h5-11H,3-4,12-13H2,1-2H3. The van der Waals surface area contributed by atoms with Gasteiger partial charge in [-0.1, -0.05) is 24.3 Å². The molecule has 0 unspecified atom stereocenters. The monoisotopic (exact) mass is 411 g/mol. The first kappa shape index (κ1) is 21.0. The average Bonchev–Trinajstić information content (AvgIpc) is 2.98. The van der Waals surface area contributed by atoms with Crippen LogP contribution in [0.3, 0.4) is 0 Å². The molecule has 2 aromatic carbocycles. The number of imide groups is 1. The Bertz CT molecular complexity index is 1020. The van der Waals surface area contributed by atoms with Gasteiger partial charge in [-0.3, -0.25) is 29.4 Å². The number of carbonyl (C=O) groups is 3. The highest BCUT2D eigenvalue weighted by atomic mass is 16.6. The van der Waals surface area contributed by atoms with E-state index in [9.17, 15) is 24.5 Å². The van der Waals surface area contributed by atoms with Gasteiger partial charge in [-0.2, -0.15) is 0 Å². The Labute approximate surface area is 173 Å². The fourth-order valence-corrected chi connectivity index (χ4v) is 3.45. The van der Waals surface area contributed by atoms with E-state index in [-0.39, 0.29) is 17.7 Å².